The van der Waals surface area contributed by atoms with Gasteiger partial charge in [-0.05, 0) is 44.0 Å². The molecule has 0 bridgehead atoms. The Balaban J connectivity index is 1.43. The number of benzene rings is 1. The summed E-state index contributed by atoms with van der Waals surface area (Å²) in [4.78, 5) is 34.5. The lowest BCUT2D eigenvalue weighted by atomic mass is 10.2. The van der Waals surface area contributed by atoms with Gasteiger partial charge in [-0.25, -0.2) is 9.50 Å². The number of hydrogen-bond acceptors (Lipinski definition) is 5. The Bertz CT molecular complexity index is 1020. The lowest BCUT2D eigenvalue weighted by molar-refractivity contribution is -0.117. The van der Waals surface area contributed by atoms with E-state index >= 15 is 0 Å². The first-order valence-corrected chi connectivity index (χ1v) is 8.90. The van der Waals surface area contributed by atoms with E-state index in [4.69, 9.17) is 0 Å². The molecule has 0 aliphatic carbocycles. The number of nitrogens with zero attached hydrogens (tertiary/aromatic N) is 5. The molecule has 1 aliphatic heterocycles. The average Bonchev–Trinajstić information content (AvgIpc) is 3.26. The fraction of sp³-hybridized carbons (Fsp3) is 0.316. The number of aryl methyl sites for hydroxylation is 2. The van der Waals surface area contributed by atoms with Crippen LogP contribution in [-0.4, -0.2) is 37.9 Å². The number of carbonyl (C=O) groups is 2. The van der Waals surface area contributed by atoms with Crippen molar-refractivity contribution in [1.82, 2.24) is 24.9 Å². The third-order valence-electron chi connectivity index (χ3n) is 4.60. The quantitative estimate of drug-likeness (QED) is 0.762. The molecule has 0 spiro atoms. The summed E-state index contributed by atoms with van der Waals surface area (Å²) in [6.07, 6.45) is 1.51. The van der Waals surface area contributed by atoms with E-state index in [0.29, 0.717) is 18.7 Å². The maximum Gasteiger partial charge on any atom is 0.291 e. The second-order valence-corrected chi connectivity index (χ2v) is 6.68. The van der Waals surface area contributed by atoms with Gasteiger partial charge in [-0.15, -0.1) is 5.10 Å². The van der Waals surface area contributed by atoms with Crippen LogP contribution in [0.2, 0.25) is 0 Å². The van der Waals surface area contributed by atoms with Crippen molar-refractivity contribution in [2.45, 2.75) is 33.2 Å². The molecule has 1 N–H and O–H groups in total. The van der Waals surface area contributed by atoms with Crippen LogP contribution in [0.1, 0.15) is 40.4 Å². The summed E-state index contributed by atoms with van der Waals surface area (Å²) in [6.45, 7) is 4.89. The van der Waals surface area contributed by atoms with Gasteiger partial charge in [-0.3, -0.25) is 9.59 Å². The topological polar surface area (TPSA) is 92.5 Å². The van der Waals surface area contributed by atoms with Crippen molar-refractivity contribution in [3.63, 3.8) is 0 Å². The van der Waals surface area contributed by atoms with E-state index in [2.05, 4.69) is 20.4 Å². The van der Waals surface area contributed by atoms with Crippen molar-refractivity contribution in [1.29, 1.82) is 0 Å². The number of fused-ring (bicyclic) bond motifs is 1. The highest BCUT2D eigenvalue weighted by Crippen LogP contribution is 2.21. The zero-order valence-electron chi connectivity index (χ0n) is 15.3. The lowest BCUT2D eigenvalue weighted by Gasteiger charge is -2.15. The molecule has 3 heterocycles. The van der Waals surface area contributed by atoms with Crippen LogP contribution >= 0.6 is 0 Å². The summed E-state index contributed by atoms with van der Waals surface area (Å²) in [7, 11) is 0. The van der Waals surface area contributed by atoms with Crippen molar-refractivity contribution in [2.24, 2.45) is 0 Å². The fourth-order valence-corrected chi connectivity index (χ4v) is 3.24. The van der Waals surface area contributed by atoms with Crippen LogP contribution in [0, 0.1) is 13.8 Å². The molecule has 3 aromatic rings. The standard InChI is InChI=1S/C19H20N6O2/c1-12-10-13(2)25-19(21-12)22-17(23-25)18(27)20-11-14-5-7-15(8-6-14)24-9-3-4-16(24)26/h5-8,10H,3-4,9,11H2,1-2H3,(H,20,27). The van der Waals surface area contributed by atoms with E-state index in [1.807, 2.05) is 44.2 Å². The summed E-state index contributed by atoms with van der Waals surface area (Å²) in [5, 5.41) is 7.05. The van der Waals surface area contributed by atoms with Crippen molar-refractivity contribution in [3.05, 3.63) is 53.1 Å². The molecule has 0 saturated carbocycles. The number of amides is 2. The second-order valence-electron chi connectivity index (χ2n) is 6.68. The van der Waals surface area contributed by atoms with Gasteiger partial charge in [-0.1, -0.05) is 12.1 Å². The minimum absolute atomic E-state index is 0.0930. The van der Waals surface area contributed by atoms with Crippen LogP contribution in [0.25, 0.3) is 5.78 Å². The van der Waals surface area contributed by atoms with E-state index in [1.165, 1.54) is 0 Å². The number of carbonyl (C=O) groups excluding carboxylic acids is 2. The van der Waals surface area contributed by atoms with Gasteiger partial charge in [0.15, 0.2) is 0 Å². The first-order chi connectivity index (χ1) is 13.0. The number of anilines is 1. The average molecular weight is 364 g/mol. The predicted molar refractivity (Wildman–Crippen MR) is 99.5 cm³/mol. The highest BCUT2D eigenvalue weighted by atomic mass is 16.2. The fourth-order valence-electron chi connectivity index (χ4n) is 3.24. The first kappa shape index (κ1) is 17.1. The Morgan fingerprint density at radius 1 is 1.19 bits per heavy atom. The van der Waals surface area contributed by atoms with Crippen LogP contribution in [-0.2, 0) is 11.3 Å². The van der Waals surface area contributed by atoms with Crippen LogP contribution < -0.4 is 10.2 Å². The highest BCUT2D eigenvalue weighted by Gasteiger charge is 2.21. The predicted octanol–water partition coefficient (Wildman–Crippen LogP) is 1.80. The van der Waals surface area contributed by atoms with E-state index in [-0.39, 0.29) is 17.6 Å². The maximum atomic E-state index is 12.4. The molecule has 0 atom stereocenters. The number of nitrogens with one attached hydrogen (secondary N) is 1. The molecule has 138 valence electrons. The normalized spacial score (nSPS) is 14.1. The van der Waals surface area contributed by atoms with E-state index < -0.39 is 0 Å². The van der Waals surface area contributed by atoms with Gasteiger partial charge in [0, 0.05) is 36.6 Å². The molecule has 27 heavy (non-hydrogen) atoms. The molecule has 1 fully saturated rings. The smallest absolute Gasteiger partial charge is 0.291 e. The van der Waals surface area contributed by atoms with Gasteiger partial charge in [0.25, 0.3) is 11.7 Å². The Labute approximate surface area is 156 Å². The van der Waals surface area contributed by atoms with Crippen molar-refractivity contribution >= 4 is 23.3 Å². The molecule has 2 amide bonds. The summed E-state index contributed by atoms with van der Waals surface area (Å²) >= 11 is 0. The third kappa shape index (κ3) is 3.38. The van der Waals surface area contributed by atoms with Gasteiger partial charge >= 0.3 is 0 Å². The Hall–Kier alpha value is -3.29. The van der Waals surface area contributed by atoms with Crippen LogP contribution in [0.15, 0.2) is 30.3 Å². The molecule has 0 radical (unpaired) electrons. The van der Waals surface area contributed by atoms with Crippen LogP contribution in [0.5, 0.6) is 0 Å². The monoisotopic (exact) mass is 364 g/mol. The first-order valence-electron chi connectivity index (χ1n) is 8.90. The highest BCUT2D eigenvalue weighted by molar-refractivity contribution is 5.95. The molecular weight excluding hydrogens is 344 g/mol. The van der Waals surface area contributed by atoms with Gasteiger partial charge in [0.05, 0.1) is 0 Å². The van der Waals surface area contributed by atoms with Crippen LogP contribution in [0.4, 0.5) is 5.69 Å². The minimum atomic E-state index is -0.351. The molecule has 0 unspecified atom stereocenters. The number of rotatable bonds is 4. The van der Waals surface area contributed by atoms with E-state index in [0.717, 1.165) is 35.6 Å². The SMILES string of the molecule is Cc1cc(C)n2nc(C(=O)NCc3ccc(N4CCCC4=O)cc3)nc2n1. The van der Waals surface area contributed by atoms with Gasteiger partial charge in [-0.2, -0.15) is 4.98 Å². The number of hydrogen-bond donors (Lipinski definition) is 1. The van der Waals surface area contributed by atoms with Crippen LogP contribution in [0.3, 0.4) is 0 Å². The van der Waals surface area contributed by atoms with Gasteiger partial charge in [0.1, 0.15) is 0 Å². The molecule has 1 aliphatic rings. The zero-order chi connectivity index (χ0) is 19.0. The van der Waals surface area contributed by atoms with Gasteiger partial charge < -0.3 is 10.2 Å². The van der Waals surface area contributed by atoms with Crippen molar-refractivity contribution in [3.8, 4) is 0 Å². The Morgan fingerprint density at radius 2 is 1.96 bits per heavy atom. The Kier molecular flexibility index (Phi) is 4.31. The second kappa shape index (κ2) is 6.79. The summed E-state index contributed by atoms with van der Waals surface area (Å²) in [5.74, 6) is 0.317. The molecule has 8 nitrogen and oxygen atoms in total. The lowest BCUT2D eigenvalue weighted by Crippen LogP contribution is -2.25. The maximum absolute atomic E-state index is 12.4. The molecule has 1 saturated heterocycles. The molecule has 1 aromatic carbocycles. The third-order valence-corrected chi connectivity index (χ3v) is 4.60. The number of aromatic nitrogens is 4. The molecule has 8 heteroatoms. The summed E-state index contributed by atoms with van der Waals surface area (Å²) < 4.78 is 1.56. The largest absolute Gasteiger partial charge is 0.345 e. The minimum Gasteiger partial charge on any atom is -0.345 e. The summed E-state index contributed by atoms with van der Waals surface area (Å²) in [6, 6.07) is 9.52. The molecule has 4 rings (SSSR count). The molecular formula is C19H20N6O2. The van der Waals surface area contributed by atoms with E-state index in [9.17, 15) is 9.59 Å². The molecule has 2 aromatic heterocycles. The summed E-state index contributed by atoms with van der Waals surface area (Å²) in [5.41, 5.74) is 3.53. The van der Waals surface area contributed by atoms with Gasteiger partial charge in [0.2, 0.25) is 11.7 Å². The Morgan fingerprint density at radius 3 is 2.67 bits per heavy atom. The van der Waals surface area contributed by atoms with E-state index in [1.54, 1.807) is 9.42 Å². The van der Waals surface area contributed by atoms with Crippen molar-refractivity contribution < 1.29 is 9.59 Å². The van der Waals surface area contributed by atoms with Crippen molar-refractivity contribution in [2.75, 3.05) is 11.4 Å². The zero-order valence-corrected chi connectivity index (χ0v) is 15.3.